The van der Waals surface area contributed by atoms with Gasteiger partial charge in [-0.3, -0.25) is 4.99 Å². The quantitative estimate of drug-likeness (QED) is 0.510. The fourth-order valence-electron chi connectivity index (χ4n) is 2.53. The van der Waals surface area contributed by atoms with Crippen LogP contribution in [-0.4, -0.2) is 37.6 Å². The first-order chi connectivity index (χ1) is 9.79. The number of aliphatic imine (C=N–C) groups is 1. The summed E-state index contributed by atoms with van der Waals surface area (Å²) >= 11 is 0. The highest BCUT2D eigenvalue weighted by atomic mass is 16.5. The summed E-state index contributed by atoms with van der Waals surface area (Å²) in [4.78, 5) is 6.70. The lowest BCUT2D eigenvalue weighted by Crippen LogP contribution is -2.40. The molecule has 2 rings (SSSR count). The predicted molar refractivity (Wildman–Crippen MR) is 83.2 cm³/mol. The van der Waals surface area contributed by atoms with E-state index in [2.05, 4.69) is 22.0 Å². The number of likely N-dealkylation sites (tertiary alicyclic amines) is 1. The monoisotopic (exact) mass is 275 g/mol. The molecule has 0 aliphatic carbocycles. The molecule has 2 N–H and O–H groups in total. The van der Waals surface area contributed by atoms with Gasteiger partial charge in [-0.1, -0.05) is 12.1 Å². The lowest BCUT2D eigenvalue weighted by Gasteiger charge is -2.27. The van der Waals surface area contributed by atoms with Crippen molar-refractivity contribution in [3.05, 3.63) is 29.8 Å². The van der Waals surface area contributed by atoms with Crippen molar-refractivity contribution in [2.45, 2.75) is 32.1 Å². The average molecular weight is 275 g/mol. The third-order valence-electron chi connectivity index (χ3n) is 3.71. The minimum atomic E-state index is 0.718. The van der Waals surface area contributed by atoms with Gasteiger partial charge in [0.2, 0.25) is 0 Å². The molecular formula is C16H25N3O. The maximum Gasteiger partial charge on any atom is 0.191 e. The molecule has 1 aromatic carbocycles. The van der Waals surface area contributed by atoms with E-state index in [4.69, 9.17) is 10.5 Å². The number of methoxy groups -OCH3 is 1. The molecule has 4 heteroatoms. The molecule has 0 aromatic heterocycles. The molecule has 110 valence electrons. The fourth-order valence-corrected chi connectivity index (χ4v) is 2.53. The van der Waals surface area contributed by atoms with Crippen LogP contribution in [0.5, 0.6) is 5.75 Å². The highest BCUT2D eigenvalue weighted by Gasteiger charge is 2.11. The second kappa shape index (κ2) is 7.78. The van der Waals surface area contributed by atoms with E-state index in [-0.39, 0.29) is 0 Å². The zero-order valence-corrected chi connectivity index (χ0v) is 12.3. The lowest BCUT2D eigenvalue weighted by molar-refractivity contribution is 0.338. The molecule has 0 amide bonds. The number of hydrogen-bond donors (Lipinski definition) is 1. The van der Waals surface area contributed by atoms with Gasteiger partial charge in [0.1, 0.15) is 5.75 Å². The van der Waals surface area contributed by atoms with E-state index in [9.17, 15) is 0 Å². The highest BCUT2D eigenvalue weighted by Crippen LogP contribution is 2.14. The van der Waals surface area contributed by atoms with Gasteiger partial charge in [-0.15, -0.1) is 0 Å². The normalized spacial score (nSPS) is 16.2. The standard InChI is InChI=1S/C16H25N3O/c1-20-15-9-5-7-14(13-15)8-6-10-18-16(17)19-11-3-2-4-12-19/h5,7,9,13H,2-4,6,8,10-12H2,1H3,(H2,17,18). The van der Waals surface area contributed by atoms with Gasteiger partial charge < -0.3 is 15.4 Å². The average Bonchev–Trinajstić information content (AvgIpc) is 2.52. The van der Waals surface area contributed by atoms with E-state index in [0.29, 0.717) is 0 Å². The van der Waals surface area contributed by atoms with Crippen LogP contribution in [0.3, 0.4) is 0 Å². The van der Waals surface area contributed by atoms with Crippen LogP contribution in [0.15, 0.2) is 29.3 Å². The van der Waals surface area contributed by atoms with Gasteiger partial charge in [0, 0.05) is 19.6 Å². The summed E-state index contributed by atoms with van der Waals surface area (Å²) in [5, 5.41) is 0. The number of aryl methyl sites for hydroxylation is 1. The van der Waals surface area contributed by atoms with Crippen molar-refractivity contribution in [2.24, 2.45) is 10.7 Å². The van der Waals surface area contributed by atoms with Gasteiger partial charge in [-0.2, -0.15) is 0 Å². The van der Waals surface area contributed by atoms with Crippen molar-refractivity contribution >= 4 is 5.96 Å². The maximum absolute atomic E-state index is 6.03. The molecule has 1 aromatic rings. The summed E-state index contributed by atoms with van der Waals surface area (Å²) in [5.74, 6) is 1.63. The van der Waals surface area contributed by atoms with E-state index in [0.717, 1.165) is 44.2 Å². The van der Waals surface area contributed by atoms with Gasteiger partial charge in [-0.05, 0) is 49.8 Å². The van der Waals surface area contributed by atoms with Crippen LogP contribution in [0.1, 0.15) is 31.2 Å². The van der Waals surface area contributed by atoms with E-state index < -0.39 is 0 Å². The van der Waals surface area contributed by atoms with E-state index in [1.54, 1.807) is 7.11 Å². The van der Waals surface area contributed by atoms with E-state index in [1.807, 2.05) is 12.1 Å². The third-order valence-corrected chi connectivity index (χ3v) is 3.71. The minimum Gasteiger partial charge on any atom is -0.497 e. The lowest BCUT2D eigenvalue weighted by atomic mass is 10.1. The Balaban J connectivity index is 1.74. The van der Waals surface area contributed by atoms with Gasteiger partial charge in [0.05, 0.1) is 7.11 Å². The predicted octanol–water partition coefficient (Wildman–Crippen LogP) is 2.43. The third kappa shape index (κ3) is 4.44. The van der Waals surface area contributed by atoms with E-state index in [1.165, 1.54) is 24.8 Å². The molecule has 20 heavy (non-hydrogen) atoms. The van der Waals surface area contributed by atoms with Gasteiger partial charge in [0.15, 0.2) is 5.96 Å². The Hall–Kier alpha value is -1.71. The minimum absolute atomic E-state index is 0.718. The second-order valence-electron chi connectivity index (χ2n) is 5.24. The number of nitrogens with zero attached hydrogens (tertiary/aromatic N) is 2. The number of hydrogen-bond acceptors (Lipinski definition) is 2. The Labute approximate surface area is 121 Å². The smallest absolute Gasteiger partial charge is 0.191 e. The largest absolute Gasteiger partial charge is 0.497 e. The molecule has 0 bridgehead atoms. The summed E-state index contributed by atoms with van der Waals surface area (Å²) in [6.45, 7) is 2.91. The molecule has 0 atom stereocenters. The molecule has 1 fully saturated rings. The SMILES string of the molecule is COc1cccc(CCCN=C(N)N2CCCCC2)c1. The summed E-state index contributed by atoms with van der Waals surface area (Å²) < 4.78 is 5.22. The molecule has 0 radical (unpaired) electrons. The number of nitrogens with two attached hydrogens (primary N) is 1. The maximum atomic E-state index is 6.03. The molecule has 0 spiro atoms. The van der Waals surface area contributed by atoms with Crippen LogP contribution >= 0.6 is 0 Å². The van der Waals surface area contributed by atoms with Crippen LogP contribution in [0.2, 0.25) is 0 Å². The Bertz CT molecular complexity index is 439. The zero-order valence-electron chi connectivity index (χ0n) is 12.3. The van der Waals surface area contributed by atoms with E-state index >= 15 is 0 Å². The molecule has 1 aliphatic heterocycles. The molecule has 0 unspecified atom stereocenters. The van der Waals surface area contributed by atoms with Crippen molar-refractivity contribution in [3.8, 4) is 5.75 Å². The Morgan fingerprint density at radius 2 is 2.10 bits per heavy atom. The van der Waals surface area contributed by atoms with Crippen molar-refractivity contribution in [1.82, 2.24) is 4.90 Å². The molecule has 1 aliphatic rings. The van der Waals surface area contributed by atoms with Crippen LogP contribution in [0.25, 0.3) is 0 Å². The number of rotatable bonds is 5. The molecule has 0 saturated carbocycles. The summed E-state index contributed by atoms with van der Waals surface area (Å²) in [5.41, 5.74) is 7.32. The van der Waals surface area contributed by atoms with Crippen molar-refractivity contribution < 1.29 is 4.74 Å². The Kier molecular flexibility index (Phi) is 5.71. The fraction of sp³-hybridized carbons (Fsp3) is 0.562. The topological polar surface area (TPSA) is 50.9 Å². The Morgan fingerprint density at radius 3 is 2.85 bits per heavy atom. The summed E-state index contributed by atoms with van der Waals surface area (Å²) in [7, 11) is 1.70. The van der Waals surface area contributed by atoms with Crippen LogP contribution in [0.4, 0.5) is 0 Å². The zero-order chi connectivity index (χ0) is 14.2. The van der Waals surface area contributed by atoms with Gasteiger partial charge in [0.25, 0.3) is 0 Å². The number of benzene rings is 1. The number of ether oxygens (including phenoxy) is 1. The van der Waals surface area contributed by atoms with Crippen molar-refractivity contribution in [1.29, 1.82) is 0 Å². The van der Waals surface area contributed by atoms with Crippen LogP contribution in [0, 0.1) is 0 Å². The molecule has 1 saturated heterocycles. The first-order valence-corrected chi connectivity index (χ1v) is 7.47. The summed E-state index contributed by atoms with van der Waals surface area (Å²) in [6, 6.07) is 8.20. The first-order valence-electron chi connectivity index (χ1n) is 7.47. The molecule has 4 nitrogen and oxygen atoms in total. The van der Waals surface area contributed by atoms with Gasteiger partial charge >= 0.3 is 0 Å². The number of piperidine rings is 1. The van der Waals surface area contributed by atoms with Crippen LogP contribution < -0.4 is 10.5 Å². The first kappa shape index (κ1) is 14.7. The van der Waals surface area contributed by atoms with Crippen molar-refractivity contribution in [2.75, 3.05) is 26.7 Å². The number of guanidine groups is 1. The van der Waals surface area contributed by atoms with Crippen LogP contribution in [-0.2, 0) is 6.42 Å². The van der Waals surface area contributed by atoms with Gasteiger partial charge in [-0.25, -0.2) is 0 Å². The summed E-state index contributed by atoms with van der Waals surface area (Å²) in [6.07, 6.45) is 5.81. The second-order valence-corrected chi connectivity index (χ2v) is 5.24. The highest BCUT2D eigenvalue weighted by molar-refractivity contribution is 5.78. The molecular weight excluding hydrogens is 250 g/mol. The Morgan fingerprint density at radius 1 is 1.30 bits per heavy atom. The van der Waals surface area contributed by atoms with Crippen molar-refractivity contribution in [3.63, 3.8) is 0 Å². The molecule has 1 heterocycles.